The minimum Gasteiger partial charge on any atom is -0.370 e. The van der Waals surface area contributed by atoms with E-state index < -0.39 is 0 Å². The summed E-state index contributed by atoms with van der Waals surface area (Å²) in [5.41, 5.74) is 0.753. The van der Waals surface area contributed by atoms with Crippen LogP contribution in [0.15, 0.2) is 18.2 Å². The summed E-state index contributed by atoms with van der Waals surface area (Å²) in [5.74, 6) is 1.05. The molecule has 1 aliphatic heterocycles. The topological polar surface area (TPSA) is 62.3 Å². The first-order valence-corrected chi connectivity index (χ1v) is 7.65. The Balaban J connectivity index is 1.75. The van der Waals surface area contributed by atoms with Crippen molar-refractivity contribution in [2.75, 3.05) is 11.9 Å². The maximum Gasteiger partial charge on any atom is 0.233 e. The molecular weight excluding hydrogens is 266 g/mol. The van der Waals surface area contributed by atoms with Gasteiger partial charge in [-0.25, -0.2) is 4.98 Å². The van der Waals surface area contributed by atoms with Crippen LogP contribution in [0.2, 0.25) is 0 Å². The van der Waals surface area contributed by atoms with Gasteiger partial charge in [-0.15, -0.1) is 0 Å². The third kappa shape index (κ3) is 2.52. The molecule has 112 valence electrons. The average Bonchev–Trinajstić information content (AvgIpc) is 2.94. The Hall–Kier alpha value is -1.91. The van der Waals surface area contributed by atoms with Crippen LogP contribution in [-0.4, -0.2) is 28.2 Å². The van der Waals surface area contributed by atoms with Gasteiger partial charge in [0, 0.05) is 6.54 Å². The Kier molecular flexibility index (Phi) is 3.66. The maximum atomic E-state index is 12.4. The molecule has 1 N–H and O–H groups in total. The summed E-state index contributed by atoms with van der Waals surface area (Å²) in [7, 11) is 0. The molecule has 2 unspecified atom stereocenters. The summed E-state index contributed by atoms with van der Waals surface area (Å²) >= 11 is 0. The van der Waals surface area contributed by atoms with Crippen LogP contribution < -0.4 is 5.32 Å². The Morgan fingerprint density at radius 3 is 2.52 bits per heavy atom. The van der Waals surface area contributed by atoms with Crippen LogP contribution in [0.25, 0.3) is 0 Å². The van der Waals surface area contributed by atoms with Crippen molar-refractivity contribution in [1.29, 1.82) is 0 Å². The SMILES string of the molecule is CCNc1cccc(CN2C(=O)C3CC(C)CC3C2=O)n1. The number of nitrogens with zero attached hydrogens (tertiary/aromatic N) is 2. The number of imide groups is 1. The summed E-state index contributed by atoms with van der Waals surface area (Å²) < 4.78 is 0. The van der Waals surface area contributed by atoms with Crippen LogP contribution in [0.4, 0.5) is 5.82 Å². The van der Waals surface area contributed by atoms with E-state index in [0.29, 0.717) is 5.92 Å². The lowest BCUT2D eigenvalue weighted by Gasteiger charge is -2.16. The molecule has 1 saturated heterocycles. The highest BCUT2D eigenvalue weighted by molar-refractivity contribution is 6.05. The molecule has 21 heavy (non-hydrogen) atoms. The zero-order chi connectivity index (χ0) is 15.0. The van der Waals surface area contributed by atoms with Crippen LogP contribution in [0.5, 0.6) is 0 Å². The quantitative estimate of drug-likeness (QED) is 0.861. The van der Waals surface area contributed by atoms with Gasteiger partial charge < -0.3 is 5.32 Å². The normalized spacial score (nSPS) is 28.1. The van der Waals surface area contributed by atoms with Crippen molar-refractivity contribution in [3.8, 4) is 0 Å². The number of amides is 2. The van der Waals surface area contributed by atoms with E-state index in [-0.39, 0.29) is 30.2 Å². The fourth-order valence-corrected chi connectivity index (χ4v) is 3.51. The standard InChI is InChI=1S/C16H21N3O2/c1-3-17-14-6-4-5-11(18-14)9-19-15(20)12-7-10(2)8-13(12)16(19)21/h4-6,10,12-13H,3,7-9H2,1-2H3,(H,17,18). The molecule has 3 rings (SSSR count). The summed E-state index contributed by atoms with van der Waals surface area (Å²) in [6.45, 7) is 5.20. The van der Waals surface area contributed by atoms with Gasteiger partial charge in [0.25, 0.3) is 0 Å². The molecule has 2 amide bonds. The Morgan fingerprint density at radius 2 is 1.90 bits per heavy atom. The minimum absolute atomic E-state index is 0.00926. The van der Waals surface area contributed by atoms with Gasteiger partial charge in [-0.2, -0.15) is 0 Å². The summed E-state index contributed by atoms with van der Waals surface area (Å²) in [6, 6.07) is 5.64. The molecule has 1 aromatic rings. The van der Waals surface area contributed by atoms with E-state index >= 15 is 0 Å². The average molecular weight is 287 g/mol. The molecule has 0 radical (unpaired) electrons. The Labute approximate surface area is 124 Å². The van der Waals surface area contributed by atoms with Gasteiger partial charge >= 0.3 is 0 Å². The van der Waals surface area contributed by atoms with E-state index in [4.69, 9.17) is 0 Å². The fraction of sp³-hybridized carbons (Fsp3) is 0.562. The molecule has 5 heteroatoms. The lowest BCUT2D eigenvalue weighted by Crippen LogP contribution is -2.32. The highest BCUT2D eigenvalue weighted by atomic mass is 16.2. The Morgan fingerprint density at radius 1 is 1.24 bits per heavy atom. The van der Waals surface area contributed by atoms with Crippen molar-refractivity contribution in [3.05, 3.63) is 23.9 Å². The van der Waals surface area contributed by atoms with Crippen molar-refractivity contribution in [2.45, 2.75) is 33.2 Å². The van der Waals surface area contributed by atoms with E-state index in [1.165, 1.54) is 4.90 Å². The fourth-order valence-electron chi connectivity index (χ4n) is 3.51. The van der Waals surface area contributed by atoms with Gasteiger partial charge in [-0.3, -0.25) is 14.5 Å². The number of rotatable bonds is 4. The molecule has 0 bridgehead atoms. The van der Waals surface area contributed by atoms with E-state index in [2.05, 4.69) is 17.2 Å². The number of pyridine rings is 1. The lowest BCUT2D eigenvalue weighted by atomic mass is 10.00. The van der Waals surface area contributed by atoms with Crippen LogP contribution in [0, 0.1) is 17.8 Å². The molecule has 1 saturated carbocycles. The van der Waals surface area contributed by atoms with Crippen LogP contribution in [0.1, 0.15) is 32.4 Å². The summed E-state index contributed by atoms with van der Waals surface area (Å²) in [5, 5.41) is 3.14. The smallest absolute Gasteiger partial charge is 0.233 e. The molecular formula is C16H21N3O2. The second-order valence-electron chi connectivity index (χ2n) is 6.10. The highest BCUT2D eigenvalue weighted by Gasteiger charge is 2.51. The number of carbonyl (C=O) groups excluding carboxylic acids is 2. The van der Waals surface area contributed by atoms with Gasteiger partial charge in [0.15, 0.2) is 0 Å². The van der Waals surface area contributed by atoms with Crippen LogP contribution >= 0.6 is 0 Å². The van der Waals surface area contributed by atoms with E-state index in [1.807, 2.05) is 25.1 Å². The Bertz CT molecular complexity index is 548. The zero-order valence-corrected chi connectivity index (χ0v) is 12.5. The van der Waals surface area contributed by atoms with Gasteiger partial charge in [0.2, 0.25) is 11.8 Å². The van der Waals surface area contributed by atoms with Crippen molar-refractivity contribution < 1.29 is 9.59 Å². The summed E-state index contributed by atoms with van der Waals surface area (Å²) in [6.07, 6.45) is 1.69. The van der Waals surface area contributed by atoms with Crippen molar-refractivity contribution in [2.24, 2.45) is 17.8 Å². The molecule has 1 aromatic heterocycles. The first-order chi connectivity index (χ1) is 10.1. The first-order valence-electron chi connectivity index (χ1n) is 7.65. The largest absolute Gasteiger partial charge is 0.370 e. The molecule has 0 aromatic carbocycles. The highest BCUT2D eigenvalue weighted by Crippen LogP contribution is 2.43. The van der Waals surface area contributed by atoms with Gasteiger partial charge in [0.1, 0.15) is 5.82 Å². The first kappa shape index (κ1) is 14.0. The van der Waals surface area contributed by atoms with Crippen molar-refractivity contribution in [3.63, 3.8) is 0 Å². The molecule has 0 spiro atoms. The molecule has 2 fully saturated rings. The van der Waals surface area contributed by atoms with Gasteiger partial charge in [0.05, 0.1) is 24.1 Å². The number of aromatic nitrogens is 1. The number of nitrogens with one attached hydrogen (secondary N) is 1. The number of hydrogen-bond acceptors (Lipinski definition) is 4. The second-order valence-corrected chi connectivity index (χ2v) is 6.10. The van der Waals surface area contributed by atoms with E-state index in [9.17, 15) is 9.59 Å². The third-order valence-electron chi connectivity index (χ3n) is 4.45. The number of anilines is 1. The lowest BCUT2D eigenvalue weighted by molar-refractivity contribution is -0.141. The van der Waals surface area contributed by atoms with E-state index in [0.717, 1.165) is 30.9 Å². The number of likely N-dealkylation sites (tertiary alicyclic amines) is 1. The maximum absolute atomic E-state index is 12.4. The predicted molar refractivity (Wildman–Crippen MR) is 79.3 cm³/mol. The predicted octanol–water partition coefficient (Wildman–Crippen LogP) is 2.04. The molecule has 1 aliphatic carbocycles. The molecule has 2 aliphatic rings. The third-order valence-corrected chi connectivity index (χ3v) is 4.45. The zero-order valence-electron chi connectivity index (χ0n) is 12.5. The van der Waals surface area contributed by atoms with E-state index in [1.54, 1.807) is 0 Å². The van der Waals surface area contributed by atoms with Gasteiger partial charge in [-0.1, -0.05) is 13.0 Å². The number of carbonyl (C=O) groups is 2. The van der Waals surface area contributed by atoms with Gasteiger partial charge in [-0.05, 0) is 37.8 Å². The molecule has 5 nitrogen and oxygen atoms in total. The summed E-state index contributed by atoms with van der Waals surface area (Å²) in [4.78, 5) is 30.7. The van der Waals surface area contributed by atoms with Crippen LogP contribution in [-0.2, 0) is 16.1 Å². The monoisotopic (exact) mass is 287 g/mol. The molecule has 2 atom stereocenters. The minimum atomic E-state index is -0.0931. The number of hydrogen-bond donors (Lipinski definition) is 1. The number of fused-ring (bicyclic) bond motifs is 1. The van der Waals surface area contributed by atoms with Crippen LogP contribution in [0.3, 0.4) is 0 Å². The van der Waals surface area contributed by atoms with Crippen molar-refractivity contribution in [1.82, 2.24) is 9.88 Å². The molecule has 2 heterocycles. The van der Waals surface area contributed by atoms with Crippen molar-refractivity contribution >= 4 is 17.6 Å². The second kappa shape index (κ2) is 5.47.